The Morgan fingerprint density at radius 2 is 1.77 bits per heavy atom. The van der Waals surface area contributed by atoms with Crippen molar-refractivity contribution in [2.24, 2.45) is 0 Å². The highest BCUT2D eigenvalue weighted by Gasteiger charge is 2.20. The predicted octanol–water partition coefficient (Wildman–Crippen LogP) is 6.19. The lowest BCUT2D eigenvalue weighted by Gasteiger charge is -2.28. The number of ether oxygens (including phenoxy) is 1. The maximum Gasteiger partial charge on any atom is 0.137 e. The van der Waals surface area contributed by atoms with Crippen molar-refractivity contribution in [1.82, 2.24) is 15.0 Å². The van der Waals surface area contributed by atoms with E-state index in [9.17, 15) is 4.39 Å². The Bertz CT molecular complexity index is 1320. The molecule has 0 radical (unpaired) electrons. The van der Waals surface area contributed by atoms with Crippen LogP contribution in [0.1, 0.15) is 25.0 Å². The number of pyridine rings is 3. The zero-order valence-corrected chi connectivity index (χ0v) is 20.4. The quantitative estimate of drug-likeness (QED) is 0.378. The van der Waals surface area contributed by atoms with Gasteiger partial charge in [-0.15, -0.1) is 0 Å². The Labute approximate surface area is 204 Å². The zero-order chi connectivity index (χ0) is 24.9. The number of hydrogen-bond donors (Lipinski definition) is 1. The van der Waals surface area contributed by atoms with E-state index in [-0.39, 0.29) is 10.9 Å². The van der Waals surface area contributed by atoms with Crippen molar-refractivity contribution < 1.29 is 13.5 Å². The number of anilines is 3. The normalized spacial score (nSPS) is 13.4. The fraction of sp³-hybridized carbons (Fsp3) is 0.296. The smallest absolute Gasteiger partial charge is 0.137 e. The second-order valence-electron chi connectivity index (χ2n) is 8.04. The molecule has 1 aliphatic heterocycles. The first-order chi connectivity index (χ1) is 17.0. The first-order valence-corrected chi connectivity index (χ1v) is 11.8. The standard InChI is InChI=1S/C25H23F2N5O.C2H6/c1-15-14-29-22(32-7-9-33-10-8-32)13-20(15)30-25-16(2)24(19-5-3-4-6-28-19)31-21-12-17(26)11-18(27)23(21)25;1-2/h3-6,11-14H,7-10H2,1-2H3,(H,29,30,31);1-2H3. The topological polar surface area (TPSA) is 63.2 Å². The number of benzene rings is 1. The van der Waals surface area contributed by atoms with Gasteiger partial charge in [0.25, 0.3) is 0 Å². The SMILES string of the molecule is CC.Cc1cnc(N2CCOCC2)cc1Nc1c(C)c(-c2ccccn2)nc2cc(F)cc(F)c12. The molecule has 1 N–H and O–H groups in total. The zero-order valence-electron chi connectivity index (χ0n) is 20.4. The van der Waals surface area contributed by atoms with E-state index >= 15 is 4.39 Å². The van der Waals surface area contributed by atoms with Crippen LogP contribution in [-0.2, 0) is 4.74 Å². The van der Waals surface area contributed by atoms with Gasteiger partial charge in [-0.2, -0.15) is 0 Å². The van der Waals surface area contributed by atoms with Crippen LogP contribution in [0.2, 0.25) is 0 Å². The van der Waals surface area contributed by atoms with Crippen molar-refractivity contribution in [2.75, 3.05) is 36.5 Å². The maximum atomic E-state index is 15.0. The summed E-state index contributed by atoms with van der Waals surface area (Å²) in [5, 5.41) is 3.64. The van der Waals surface area contributed by atoms with Crippen LogP contribution < -0.4 is 10.2 Å². The molecule has 0 unspecified atom stereocenters. The molecule has 4 heterocycles. The van der Waals surface area contributed by atoms with Gasteiger partial charge < -0.3 is 15.0 Å². The molecule has 6 nitrogen and oxygen atoms in total. The second-order valence-corrected chi connectivity index (χ2v) is 8.04. The number of hydrogen-bond acceptors (Lipinski definition) is 6. The minimum Gasteiger partial charge on any atom is -0.378 e. The van der Waals surface area contributed by atoms with E-state index < -0.39 is 11.6 Å². The van der Waals surface area contributed by atoms with Crippen molar-refractivity contribution in [3.05, 3.63) is 71.6 Å². The van der Waals surface area contributed by atoms with Crippen LogP contribution in [0.5, 0.6) is 0 Å². The summed E-state index contributed by atoms with van der Waals surface area (Å²) < 4.78 is 34.5. The first kappa shape index (κ1) is 24.5. The number of rotatable bonds is 4. The van der Waals surface area contributed by atoms with Crippen LogP contribution in [0, 0.1) is 25.5 Å². The summed E-state index contributed by atoms with van der Waals surface area (Å²) in [6, 6.07) is 9.57. The third-order valence-electron chi connectivity index (χ3n) is 5.84. The summed E-state index contributed by atoms with van der Waals surface area (Å²) in [5.74, 6) is -0.529. The fourth-order valence-corrected chi connectivity index (χ4v) is 4.06. The molecule has 8 heteroatoms. The van der Waals surface area contributed by atoms with Crippen molar-refractivity contribution in [3.63, 3.8) is 0 Å². The lowest BCUT2D eigenvalue weighted by atomic mass is 10.0. The van der Waals surface area contributed by atoms with Crippen LogP contribution in [-0.4, -0.2) is 41.3 Å². The van der Waals surface area contributed by atoms with Crippen molar-refractivity contribution in [2.45, 2.75) is 27.7 Å². The van der Waals surface area contributed by atoms with Crippen LogP contribution >= 0.6 is 0 Å². The number of aryl methyl sites for hydroxylation is 1. The minimum atomic E-state index is -0.677. The van der Waals surface area contributed by atoms with E-state index in [0.717, 1.165) is 41.8 Å². The number of halogens is 2. The highest BCUT2D eigenvalue weighted by atomic mass is 19.1. The molecule has 35 heavy (non-hydrogen) atoms. The van der Waals surface area contributed by atoms with E-state index in [0.29, 0.717) is 30.3 Å². The molecule has 0 atom stereocenters. The number of fused-ring (bicyclic) bond motifs is 1. The summed E-state index contributed by atoms with van der Waals surface area (Å²) in [7, 11) is 0. The van der Waals surface area contributed by atoms with Gasteiger partial charge in [-0.25, -0.2) is 18.7 Å². The Balaban J connectivity index is 0.00000141. The van der Waals surface area contributed by atoms with Crippen LogP contribution in [0.3, 0.4) is 0 Å². The molecule has 1 aliphatic rings. The average molecular weight is 478 g/mol. The van der Waals surface area contributed by atoms with Gasteiger partial charge in [0, 0.05) is 54.9 Å². The minimum absolute atomic E-state index is 0.223. The van der Waals surface area contributed by atoms with Crippen LogP contribution in [0.15, 0.2) is 48.8 Å². The van der Waals surface area contributed by atoms with Crippen molar-refractivity contribution >= 4 is 28.1 Å². The molecular weight excluding hydrogens is 448 g/mol. The van der Waals surface area contributed by atoms with Gasteiger partial charge >= 0.3 is 0 Å². The summed E-state index contributed by atoms with van der Waals surface area (Å²) in [6.07, 6.45) is 3.46. The molecule has 0 saturated carbocycles. The Morgan fingerprint density at radius 3 is 2.49 bits per heavy atom. The molecule has 0 aliphatic carbocycles. The molecule has 4 aromatic rings. The van der Waals surface area contributed by atoms with Crippen molar-refractivity contribution in [3.8, 4) is 11.4 Å². The number of nitrogens with one attached hydrogen (secondary N) is 1. The van der Waals surface area contributed by atoms with Crippen molar-refractivity contribution in [1.29, 1.82) is 0 Å². The van der Waals surface area contributed by atoms with Gasteiger partial charge in [0.05, 0.1) is 41.2 Å². The van der Waals surface area contributed by atoms with E-state index in [1.807, 2.05) is 52.0 Å². The van der Waals surface area contributed by atoms with E-state index in [2.05, 4.69) is 25.2 Å². The summed E-state index contributed by atoms with van der Waals surface area (Å²) in [6.45, 7) is 10.6. The fourth-order valence-electron chi connectivity index (χ4n) is 4.06. The van der Waals surface area contributed by atoms with Gasteiger partial charge in [-0.05, 0) is 31.5 Å². The van der Waals surface area contributed by atoms with E-state index in [1.165, 1.54) is 6.07 Å². The molecule has 3 aromatic heterocycles. The number of morpholine rings is 1. The highest BCUT2D eigenvalue weighted by Crippen LogP contribution is 2.37. The molecule has 5 rings (SSSR count). The van der Waals surface area contributed by atoms with Crippen LogP contribution in [0.4, 0.5) is 26.0 Å². The van der Waals surface area contributed by atoms with Gasteiger partial charge in [-0.1, -0.05) is 19.9 Å². The molecular formula is C27H29F2N5O. The van der Waals surface area contributed by atoms with E-state index in [1.54, 1.807) is 12.4 Å². The first-order valence-electron chi connectivity index (χ1n) is 11.8. The summed E-state index contributed by atoms with van der Waals surface area (Å²) in [4.78, 5) is 15.7. The third-order valence-corrected chi connectivity index (χ3v) is 5.84. The van der Waals surface area contributed by atoms with Crippen LogP contribution in [0.25, 0.3) is 22.3 Å². The predicted molar refractivity (Wildman–Crippen MR) is 136 cm³/mol. The molecule has 0 bridgehead atoms. The third kappa shape index (κ3) is 5.07. The largest absolute Gasteiger partial charge is 0.378 e. The van der Waals surface area contributed by atoms with E-state index in [4.69, 9.17) is 4.74 Å². The van der Waals surface area contributed by atoms with Gasteiger partial charge in [-0.3, -0.25) is 4.98 Å². The lowest BCUT2D eigenvalue weighted by Crippen LogP contribution is -2.36. The molecule has 0 spiro atoms. The average Bonchev–Trinajstić information content (AvgIpc) is 2.88. The number of nitrogens with zero attached hydrogens (tertiary/aromatic N) is 4. The summed E-state index contributed by atoms with van der Waals surface area (Å²) >= 11 is 0. The molecule has 1 fully saturated rings. The Hall–Kier alpha value is -3.65. The molecule has 0 amide bonds. The van der Waals surface area contributed by atoms with Gasteiger partial charge in [0.1, 0.15) is 17.5 Å². The Kier molecular flexibility index (Phi) is 7.51. The van der Waals surface area contributed by atoms with Gasteiger partial charge in [0.2, 0.25) is 0 Å². The molecule has 182 valence electrons. The maximum absolute atomic E-state index is 15.0. The van der Waals surface area contributed by atoms with Gasteiger partial charge in [0.15, 0.2) is 0 Å². The lowest BCUT2D eigenvalue weighted by molar-refractivity contribution is 0.122. The second kappa shape index (κ2) is 10.7. The highest BCUT2D eigenvalue weighted by molar-refractivity contribution is 5.98. The summed E-state index contributed by atoms with van der Waals surface area (Å²) in [5.41, 5.74) is 4.36. The molecule has 1 aromatic carbocycles. The molecule has 1 saturated heterocycles. The monoisotopic (exact) mass is 477 g/mol. The Morgan fingerprint density at radius 1 is 1.00 bits per heavy atom. The number of aromatic nitrogens is 3.